The van der Waals surface area contributed by atoms with Crippen LogP contribution in [-0.2, 0) is 11.3 Å². The average Bonchev–Trinajstić information content (AvgIpc) is 3.60. The fourth-order valence-electron chi connectivity index (χ4n) is 6.74. The highest BCUT2D eigenvalue weighted by Gasteiger charge is 2.35. The number of hydrogen-bond acceptors (Lipinski definition) is 5. The third-order valence-corrected chi connectivity index (χ3v) is 10.0. The number of hydrogen-bond donors (Lipinski definition) is 0. The number of rotatable bonds is 8. The lowest BCUT2D eigenvalue weighted by molar-refractivity contribution is -0.127. The van der Waals surface area contributed by atoms with Gasteiger partial charge in [0.25, 0.3) is 11.5 Å². The number of para-hydroxylation sites is 2. The van der Waals surface area contributed by atoms with E-state index in [-0.39, 0.29) is 11.5 Å². The van der Waals surface area contributed by atoms with E-state index in [0.29, 0.717) is 46.0 Å². The van der Waals surface area contributed by atoms with Crippen molar-refractivity contribution in [2.75, 3.05) is 20.2 Å². The predicted octanol–water partition coefficient (Wildman–Crippen LogP) is 6.27. The fraction of sp³-hybridized carbons (Fsp3) is 0.205. The zero-order valence-corrected chi connectivity index (χ0v) is 27.8. The maximum atomic E-state index is 14.5. The van der Waals surface area contributed by atoms with Gasteiger partial charge in [-0.25, -0.2) is 4.99 Å². The van der Waals surface area contributed by atoms with Crippen molar-refractivity contribution in [3.63, 3.8) is 0 Å². The smallest absolute Gasteiger partial charge is 0.271 e. The summed E-state index contributed by atoms with van der Waals surface area (Å²) < 4.78 is 10.2. The molecule has 3 heterocycles. The number of ether oxygens (including phenoxy) is 1. The number of thiazole rings is 1. The monoisotopic (exact) mass is 640 g/mol. The second-order valence-corrected chi connectivity index (χ2v) is 12.7. The lowest BCUT2D eigenvalue weighted by atomic mass is 9.94. The van der Waals surface area contributed by atoms with Crippen LogP contribution < -0.4 is 19.6 Å². The van der Waals surface area contributed by atoms with E-state index in [4.69, 9.17) is 9.73 Å². The highest BCUT2D eigenvalue weighted by atomic mass is 32.1. The number of carbonyl (C=O) groups excluding carboxylic acids is 1. The Morgan fingerprint density at radius 2 is 1.64 bits per heavy atom. The summed E-state index contributed by atoms with van der Waals surface area (Å²) in [4.78, 5) is 35.6. The zero-order chi connectivity index (χ0) is 32.7. The number of methoxy groups -OCH3 is 1. The number of carbonyl (C=O) groups is 1. The van der Waals surface area contributed by atoms with E-state index in [1.165, 1.54) is 27.7 Å². The summed E-state index contributed by atoms with van der Waals surface area (Å²) in [7, 11) is 1.61. The standard InChI is InChI=1S/C39H36N4O3S/c1-5-41(6-2)38(45)35-25(3)40-39-43(36(35)31-19-10-12-21-33(31)46-4)37(44)34(47-39)22-28-24-42(32-20-11-9-18-30(28)32)23-27-16-13-15-26-14-7-8-17-29(26)27/h7-22,24,36H,5-6,23H2,1-4H3/b34-22+/t36-/m0/s1. The van der Waals surface area contributed by atoms with Crippen LogP contribution in [-0.4, -0.2) is 40.1 Å². The maximum Gasteiger partial charge on any atom is 0.271 e. The zero-order valence-electron chi connectivity index (χ0n) is 26.9. The Hall–Kier alpha value is -5.21. The topological polar surface area (TPSA) is 68.8 Å². The molecule has 0 N–H and O–H groups in total. The first kappa shape index (κ1) is 30.4. The molecule has 7 rings (SSSR count). The normalized spacial score (nSPS) is 14.8. The Kier molecular flexibility index (Phi) is 8.12. The number of likely N-dealkylation sites (N-methyl/N-ethyl adjacent to an activating group) is 1. The summed E-state index contributed by atoms with van der Waals surface area (Å²) in [6.07, 6.45) is 4.10. The van der Waals surface area contributed by atoms with Crippen molar-refractivity contribution in [1.82, 2.24) is 14.0 Å². The second kappa shape index (κ2) is 12.5. The molecule has 0 saturated carbocycles. The van der Waals surface area contributed by atoms with Gasteiger partial charge in [-0.05, 0) is 55.3 Å². The molecule has 236 valence electrons. The Morgan fingerprint density at radius 1 is 0.936 bits per heavy atom. The molecule has 2 aromatic heterocycles. The Morgan fingerprint density at radius 3 is 2.43 bits per heavy atom. The van der Waals surface area contributed by atoms with Crippen LogP contribution >= 0.6 is 11.3 Å². The van der Waals surface area contributed by atoms with Crippen molar-refractivity contribution in [1.29, 1.82) is 0 Å². The van der Waals surface area contributed by atoms with Gasteiger partial charge in [0.1, 0.15) is 11.8 Å². The lowest BCUT2D eigenvalue weighted by Gasteiger charge is -2.29. The molecule has 47 heavy (non-hydrogen) atoms. The second-order valence-electron chi connectivity index (χ2n) is 11.7. The van der Waals surface area contributed by atoms with Gasteiger partial charge in [-0.2, -0.15) is 0 Å². The highest BCUT2D eigenvalue weighted by molar-refractivity contribution is 7.07. The minimum atomic E-state index is -0.676. The quantitative estimate of drug-likeness (QED) is 0.197. The number of aromatic nitrogens is 2. The summed E-state index contributed by atoms with van der Waals surface area (Å²) in [5.41, 5.74) is 4.94. The first-order valence-corrected chi connectivity index (χ1v) is 16.7. The van der Waals surface area contributed by atoms with Gasteiger partial charge >= 0.3 is 0 Å². The molecular formula is C39H36N4O3S. The molecule has 6 aromatic rings. The SMILES string of the molecule is CCN(CC)C(=O)C1=C(C)N=c2s/c(=C/c3cn(Cc4cccc5ccccc45)c4ccccc34)c(=O)n2[C@H]1c1ccccc1OC. The van der Waals surface area contributed by atoms with Gasteiger partial charge in [-0.3, -0.25) is 14.2 Å². The van der Waals surface area contributed by atoms with Gasteiger partial charge in [-0.1, -0.05) is 90.2 Å². The third kappa shape index (κ3) is 5.28. The minimum Gasteiger partial charge on any atom is -0.496 e. The summed E-state index contributed by atoms with van der Waals surface area (Å²) in [5, 5.41) is 3.50. The van der Waals surface area contributed by atoms with Gasteiger partial charge < -0.3 is 14.2 Å². The summed E-state index contributed by atoms with van der Waals surface area (Å²) in [6, 6.07) is 30.1. The van der Waals surface area contributed by atoms with E-state index in [2.05, 4.69) is 65.4 Å². The largest absolute Gasteiger partial charge is 0.496 e. The Labute approximate surface area is 277 Å². The van der Waals surface area contributed by atoms with Crippen LogP contribution in [0.5, 0.6) is 5.75 Å². The molecule has 0 saturated heterocycles. The molecule has 8 heteroatoms. The van der Waals surface area contributed by atoms with E-state index < -0.39 is 6.04 Å². The Bertz CT molecular complexity index is 2370. The number of amides is 1. The number of allylic oxidation sites excluding steroid dienone is 1. The lowest BCUT2D eigenvalue weighted by Crippen LogP contribution is -2.43. The molecule has 0 radical (unpaired) electrons. The number of fused-ring (bicyclic) bond motifs is 3. The maximum absolute atomic E-state index is 14.5. The van der Waals surface area contributed by atoms with E-state index >= 15 is 0 Å². The highest BCUT2D eigenvalue weighted by Crippen LogP contribution is 2.36. The average molecular weight is 641 g/mol. The van der Waals surface area contributed by atoms with Crippen LogP contribution in [0.1, 0.15) is 43.5 Å². The number of nitrogens with zero attached hydrogens (tertiary/aromatic N) is 4. The molecule has 0 aliphatic carbocycles. The molecule has 0 spiro atoms. The Balaban J connectivity index is 1.40. The number of benzene rings is 4. The van der Waals surface area contributed by atoms with Crippen LogP contribution in [0.3, 0.4) is 0 Å². The van der Waals surface area contributed by atoms with Crippen molar-refractivity contribution in [2.24, 2.45) is 4.99 Å². The van der Waals surface area contributed by atoms with Crippen molar-refractivity contribution < 1.29 is 9.53 Å². The first-order chi connectivity index (χ1) is 22.9. The minimum absolute atomic E-state index is 0.127. The predicted molar refractivity (Wildman–Crippen MR) is 190 cm³/mol. The van der Waals surface area contributed by atoms with Crippen LogP contribution in [0, 0.1) is 0 Å². The molecule has 1 aliphatic heterocycles. The van der Waals surface area contributed by atoms with E-state index in [0.717, 1.165) is 22.0 Å². The molecule has 1 atom stereocenters. The van der Waals surface area contributed by atoms with Crippen molar-refractivity contribution >= 4 is 45.0 Å². The van der Waals surface area contributed by atoms with Crippen molar-refractivity contribution in [3.8, 4) is 5.75 Å². The van der Waals surface area contributed by atoms with E-state index in [1.54, 1.807) is 16.6 Å². The molecule has 7 nitrogen and oxygen atoms in total. The third-order valence-electron chi connectivity index (χ3n) is 9.06. The molecule has 4 aromatic carbocycles. The molecule has 0 unspecified atom stereocenters. The van der Waals surface area contributed by atoms with Gasteiger partial charge in [0.2, 0.25) is 0 Å². The van der Waals surface area contributed by atoms with Gasteiger partial charge in [0.05, 0.1) is 22.9 Å². The van der Waals surface area contributed by atoms with Crippen LogP contribution in [0.4, 0.5) is 0 Å². The van der Waals surface area contributed by atoms with Gasteiger partial charge in [0.15, 0.2) is 4.80 Å². The summed E-state index contributed by atoms with van der Waals surface area (Å²) in [6.45, 7) is 7.58. The van der Waals surface area contributed by atoms with Crippen LogP contribution in [0.15, 0.2) is 118 Å². The van der Waals surface area contributed by atoms with E-state index in [1.807, 2.05) is 63.2 Å². The molecule has 1 amide bonds. The summed E-state index contributed by atoms with van der Waals surface area (Å²) in [5.74, 6) is 0.487. The fourth-order valence-corrected chi connectivity index (χ4v) is 7.78. The first-order valence-electron chi connectivity index (χ1n) is 15.9. The summed E-state index contributed by atoms with van der Waals surface area (Å²) >= 11 is 1.35. The van der Waals surface area contributed by atoms with Crippen molar-refractivity contribution in [3.05, 3.63) is 145 Å². The molecule has 0 fully saturated rings. The van der Waals surface area contributed by atoms with Crippen LogP contribution in [0.2, 0.25) is 0 Å². The molecular weight excluding hydrogens is 605 g/mol. The van der Waals surface area contributed by atoms with Crippen molar-refractivity contribution in [2.45, 2.75) is 33.4 Å². The van der Waals surface area contributed by atoms with Gasteiger partial charge in [-0.15, -0.1) is 0 Å². The van der Waals surface area contributed by atoms with E-state index in [9.17, 15) is 9.59 Å². The van der Waals surface area contributed by atoms with Gasteiger partial charge in [0, 0.05) is 47.9 Å². The molecule has 0 bridgehead atoms. The molecule has 1 aliphatic rings. The van der Waals surface area contributed by atoms with Crippen LogP contribution in [0.25, 0.3) is 27.8 Å².